The number of phenols is 1. The van der Waals surface area contributed by atoms with E-state index in [1.54, 1.807) is 12.1 Å². The monoisotopic (exact) mass is 241 g/mol. The van der Waals surface area contributed by atoms with Crippen molar-refractivity contribution in [2.45, 2.75) is 12.0 Å². The number of phenolic OH excluding ortho intramolecular Hbond substituents is 1. The summed E-state index contributed by atoms with van der Waals surface area (Å²) in [7, 11) is 0. The van der Waals surface area contributed by atoms with E-state index in [2.05, 4.69) is 5.92 Å². The van der Waals surface area contributed by atoms with Crippen molar-refractivity contribution in [3.63, 3.8) is 0 Å². The average molecular weight is 242 g/mol. The van der Waals surface area contributed by atoms with E-state index in [9.17, 15) is 4.79 Å². The van der Waals surface area contributed by atoms with Gasteiger partial charge in [0, 0.05) is 6.42 Å². The Labute approximate surface area is 99.5 Å². The zero-order chi connectivity index (χ0) is 11.5. The van der Waals surface area contributed by atoms with Gasteiger partial charge in [-0.3, -0.25) is 0 Å². The van der Waals surface area contributed by atoms with Crippen LogP contribution < -0.4 is 5.73 Å². The third kappa shape index (κ3) is 3.16. The van der Waals surface area contributed by atoms with Crippen molar-refractivity contribution >= 4 is 18.4 Å². The molecular formula is C11H12ClNO3. The molecule has 1 rings (SSSR count). The molecule has 86 valence electrons. The molecule has 0 aliphatic rings. The van der Waals surface area contributed by atoms with Gasteiger partial charge in [-0.15, -0.1) is 18.8 Å². The van der Waals surface area contributed by atoms with Crippen molar-refractivity contribution in [3.05, 3.63) is 29.8 Å². The Morgan fingerprint density at radius 3 is 2.31 bits per heavy atom. The Morgan fingerprint density at radius 1 is 1.44 bits per heavy atom. The van der Waals surface area contributed by atoms with E-state index in [0.717, 1.165) is 0 Å². The lowest BCUT2D eigenvalue weighted by Crippen LogP contribution is -2.48. The molecule has 16 heavy (non-hydrogen) atoms. The first-order chi connectivity index (χ1) is 6.98. The molecule has 1 aromatic carbocycles. The highest BCUT2D eigenvalue weighted by atomic mass is 35.5. The van der Waals surface area contributed by atoms with Crippen LogP contribution in [0.2, 0.25) is 0 Å². The lowest BCUT2D eigenvalue weighted by atomic mass is 9.93. The molecule has 0 spiro atoms. The molecule has 1 aromatic rings. The predicted octanol–water partition coefficient (Wildman–Crippen LogP) is 0.772. The highest BCUT2D eigenvalue weighted by Gasteiger charge is 2.31. The van der Waals surface area contributed by atoms with Crippen LogP contribution in [-0.4, -0.2) is 21.7 Å². The molecule has 0 fully saturated rings. The van der Waals surface area contributed by atoms with E-state index in [0.29, 0.717) is 5.56 Å². The van der Waals surface area contributed by atoms with Gasteiger partial charge in [-0.1, -0.05) is 18.1 Å². The first kappa shape index (κ1) is 14.3. The second-order valence-electron chi connectivity index (χ2n) is 3.26. The number of hydrogen-bond acceptors (Lipinski definition) is 3. The maximum Gasteiger partial charge on any atom is 0.336 e. The van der Waals surface area contributed by atoms with Crippen LogP contribution in [-0.2, 0) is 11.2 Å². The molecule has 4 nitrogen and oxygen atoms in total. The minimum absolute atomic E-state index is 0. The van der Waals surface area contributed by atoms with Crippen molar-refractivity contribution in [1.82, 2.24) is 0 Å². The lowest BCUT2D eigenvalue weighted by molar-refractivity contribution is -0.141. The fourth-order valence-corrected chi connectivity index (χ4v) is 1.12. The number of carboxylic acids is 1. The van der Waals surface area contributed by atoms with E-state index in [4.69, 9.17) is 22.4 Å². The van der Waals surface area contributed by atoms with Gasteiger partial charge < -0.3 is 15.9 Å². The average Bonchev–Trinajstić information content (AvgIpc) is 2.21. The topological polar surface area (TPSA) is 83.5 Å². The van der Waals surface area contributed by atoms with E-state index >= 15 is 0 Å². The number of aromatic hydroxyl groups is 1. The summed E-state index contributed by atoms with van der Waals surface area (Å²) in [6.45, 7) is 0. The highest BCUT2D eigenvalue weighted by molar-refractivity contribution is 5.85. The number of halogens is 1. The zero-order valence-electron chi connectivity index (χ0n) is 8.38. The standard InChI is InChI=1S/C11H11NO3.ClH/c1-2-11(12,10(14)15)7-8-3-5-9(13)6-4-8;/h1,3-6,13H,7,12H2,(H,14,15);1H. The largest absolute Gasteiger partial charge is 0.508 e. The lowest BCUT2D eigenvalue weighted by Gasteiger charge is -2.17. The van der Waals surface area contributed by atoms with E-state index in [1.165, 1.54) is 12.1 Å². The van der Waals surface area contributed by atoms with Crippen LogP contribution >= 0.6 is 12.4 Å². The van der Waals surface area contributed by atoms with Crippen molar-refractivity contribution in [3.8, 4) is 18.1 Å². The van der Waals surface area contributed by atoms with Gasteiger partial charge in [-0.25, -0.2) is 4.79 Å². The summed E-state index contributed by atoms with van der Waals surface area (Å²) in [5.74, 6) is 0.928. The van der Waals surface area contributed by atoms with Gasteiger partial charge in [0.1, 0.15) is 5.75 Å². The van der Waals surface area contributed by atoms with Crippen LogP contribution in [0.1, 0.15) is 5.56 Å². The summed E-state index contributed by atoms with van der Waals surface area (Å²) in [5, 5.41) is 17.9. The first-order valence-electron chi connectivity index (χ1n) is 4.26. The quantitative estimate of drug-likeness (QED) is 0.683. The van der Waals surface area contributed by atoms with Crippen molar-refractivity contribution in [1.29, 1.82) is 0 Å². The molecule has 1 unspecified atom stereocenters. The van der Waals surface area contributed by atoms with Crippen molar-refractivity contribution in [2.75, 3.05) is 0 Å². The molecule has 0 aromatic heterocycles. The summed E-state index contributed by atoms with van der Waals surface area (Å²) in [6.07, 6.45) is 5.11. The SMILES string of the molecule is C#CC(N)(Cc1ccc(O)cc1)C(=O)O.Cl. The Morgan fingerprint density at radius 2 is 1.94 bits per heavy atom. The van der Waals surface area contributed by atoms with Gasteiger partial charge >= 0.3 is 5.97 Å². The Balaban J connectivity index is 0.00000225. The number of carboxylic acid groups (broad SMARTS) is 1. The molecule has 4 N–H and O–H groups in total. The Hall–Kier alpha value is -1.70. The fraction of sp³-hybridized carbons (Fsp3) is 0.182. The van der Waals surface area contributed by atoms with Crippen LogP contribution in [0.15, 0.2) is 24.3 Å². The maximum absolute atomic E-state index is 10.8. The van der Waals surface area contributed by atoms with Gasteiger partial charge in [0.25, 0.3) is 0 Å². The molecule has 0 bridgehead atoms. The molecule has 0 saturated carbocycles. The molecular weight excluding hydrogens is 230 g/mol. The Bertz CT molecular complexity index is 410. The summed E-state index contributed by atoms with van der Waals surface area (Å²) in [6, 6.07) is 6.07. The second kappa shape index (κ2) is 5.40. The van der Waals surface area contributed by atoms with Crippen LogP contribution in [0.25, 0.3) is 0 Å². The number of hydrogen-bond donors (Lipinski definition) is 3. The number of nitrogens with two attached hydrogens (primary N) is 1. The molecule has 0 heterocycles. The third-order valence-corrected chi connectivity index (χ3v) is 2.06. The molecule has 0 radical (unpaired) electrons. The van der Waals surface area contributed by atoms with Crippen LogP contribution in [0.4, 0.5) is 0 Å². The van der Waals surface area contributed by atoms with Gasteiger partial charge in [0.15, 0.2) is 5.54 Å². The van der Waals surface area contributed by atoms with Gasteiger partial charge in [0.2, 0.25) is 0 Å². The molecule has 0 amide bonds. The second-order valence-corrected chi connectivity index (χ2v) is 3.26. The van der Waals surface area contributed by atoms with E-state index in [1.807, 2.05) is 0 Å². The maximum atomic E-state index is 10.8. The Kier molecular flexibility index (Phi) is 4.83. The minimum atomic E-state index is -1.70. The minimum Gasteiger partial charge on any atom is -0.508 e. The molecule has 5 heteroatoms. The van der Waals surface area contributed by atoms with Crippen molar-refractivity contribution < 1.29 is 15.0 Å². The van der Waals surface area contributed by atoms with Gasteiger partial charge in [0.05, 0.1) is 0 Å². The fourth-order valence-electron chi connectivity index (χ4n) is 1.12. The third-order valence-electron chi connectivity index (χ3n) is 2.06. The van der Waals surface area contributed by atoms with Crippen LogP contribution in [0.3, 0.4) is 0 Å². The summed E-state index contributed by atoms with van der Waals surface area (Å²) in [5.41, 5.74) is 4.48. The van der Waals surface area contributed by atoms with Gasteiger partial charge in [-0.05, 0) is 17.7 Å². The molecule has 0 aliphatic carbocycles. The van der Waals surface area contributed by atoms with E-state index in [-0.39, 0.29) is 24.6 Å². The van der Waals surface area contributed by atoms with Crippen molar-refractivity contribution in [2.24, 2.45) is 5.73 Å². The van der Waals surface area contributed by atoms with Gasteiger partial charge in [-0.2, -0.15) is 0 Å². The normalized spacial score (nSPS) is 13.0. The molecule has 1 atom stereocenters. The summed E-state index contributed by atoms with van der Waals surface area (Å²) in [4.78, 5) is 10.8. The predicted molar refractivity (Wildman–Crippen MR) is 62.4 cm³/mol. The highest BCUT2D eigenvalue weighted by Crippen LogP contribution is 2.14. The first-order valence-corrected chi connectivity index (χ1v) is 4.26. The van der Waals surface area contributed by atoms with Crippen LogP contribution in [0, 0.1) is 12.3 Å². The van der Waals surface area contributed by atoms with E-state index < -0.39 is 11.5 Å². The number of aliphatic carboxylic acids is 1. The van der Waals surface area contributed by atoms with Crippen LogP contribution in [0.5, 0.6) is 5.75 Å². The number of rotatable bonds is 3. The number of benzene rings is 1. The number of terminal acetylenes is 1. The molecule has 0 saturated heterocycles. The zero-order valence-corrected chi connectivity index (χ0v) is 9.20. The smallest absolute Gasteiger partial charge is 0.336 e. The summed E-state index contributed by atoms with van der Waals surface area (Å²) >= 11 is 0. The number of carbonyl (C=O) groups is 1. The summed E-state index contributed by atoms with van der Waals surface area (Å²) < 4.78 is 0. The molecule has 0 aliphatic heterocycles.